The minimum Gasteiger partial charge on any atom is -0.475 e. The number of carboxylic acid groups (broad SMARTS) is 1. The Morgan fingerprint density at radius 1 is 1.33 bits per heavy atom. The molecule has 0 radical (unpaired) electrons. The van der Waals surface area contributed by atoms with E-state index in [1.54, 1.807) is 0 Å². The molecule has 0 unspecified atom stereocenters. The first-order chi connectivity index (χ1) is 3.94. The largest absolute Gasteiger partial charge is 0.490 e. The lowest BCUT2D eigenvalue weighted by Crippen LogP contribution is -2.21. The lowest BCUT2D eigenvalue weighted by atomic mass is 10.7. The Morgan fingerprint density at radius 3 is 1.44 bits per heavy atom. The molecule has 0 aliphatic carbocycles. The average molecular weight is 146 g/mol. The Kier molecular flexibility index (Phi) is 5.09. The molecule has 0 rings (SSSR count). The third kappa shape index (κ3) is 7.22. The van der Waals surface area contributed by atoms with E-state index in [4.69, 9.17) is 15.0 Å². The van der Waals surface area contributed by atoms with E-state index in [0.717, 1.165) is 7.11 Å². The zero-order valence-electron chi connectivity index (χ0n) is 4.44. The Hall–Kier alpha value is -0.780. The minimum absolute atomic E-state index is 1.00. The summed E-state index contributed by atoms with van der Waals surface area (Å²) < 4.78 is 31.7. The van der Waals surface area contributed by atoms with Gasteiger partial charge in [0.05, 0.1) is 0 Å². The monoisotopic (exact) mass is 146 g/mol. The highest BCUT2D eigenvalue weighted by Gasteiger charge is 2.38. The molecule has 0 saturated carbocycles. The van der Waals surface area contributed by atoms with Crippen LogP contribution in [0.3, 0.4) is 0 Å². The Balaban J connectivity index is 0. The minimum atomic E-state index is -5.08. The van der Waals surface area contributed by atoms with Gasteiger partial charge in [0, 0.05) is 7.11 Å². The van der Waals surface area contributed by atoms with Crippen molar-refractivity contribution in [2.75, 3.05) is 7.11 Å². The van der Waals surface area contributed by atoms with Crippen LogP contribution in [0.4, 0.5) is 13.2 Å². The first kappa shape index (κ1) is 11.1. The number of hydrogen-bond donors (Lipinski definition) is 2. The van der Waals surface area contributed by atoms with Crippen molar-refractivity contribution in [3.8, 4) is 0 Å². The molecule has 0 aromatic carbocycles. The highest BCUT2D eigenvalue weighted by molar-refractivity contribution is 5.73. The topological polar surface area (TPSA) is 57.5 Å². The second kappa shape index (κ2) is 4.13. The molecule has 3 nitrogen and oxygen atoms in total. The fourth-order valence-corrected chi connectivity index (χ4v) is 0. The second-order valence-electron chi connectivity index (χ2n) is 0.803. The SMILES string of the molecule is CO.O=C(O)C(F)(F)F. The molecule has 2 N–H and O–H groups in total. The summed E-state index contributed by atoms with van der Waals surface area (Å²) >= 11 is 0. The zero-order valence-corrected chi connectivity index (χ0v) is 4.44. The number of carbonyl (C=O) groups is 1. The normalized spacial score (nSPS) is 9.44. The number of aliphatic hydroxyl groups is 1. The number of carboxylic acids is 1. The molecule has 9 heavy (non-hydrogen) atoms. The molecule has 0 heterocycles. The van der Waals surface area contributed by atoms with E-state index in [2.05, 4.69) is 0 Å². The molecule has 0 atom stereocenters. The lowest BCUT2D eigenvalue weighted by Gasteiger charge is -1.93. The molecule has 0 aliphatic heterocycles. The summed E-state index contributed by atoms with van der Waals surface area (Å²) in [4.78, 5) is 8.90. The van der Waals surface area contributed by atoms with Crippen LogP contribution >= 0.6 is 0 Å². The van der Waals surface area contributed by atoms with Crippen molar-refractivity contribution in [2.45, 2.75) is 6.18 Å². The molecule has 0 aliphatic rings. The smallest absolute Gasteiger partial charge is 0.475 e. The molecular formula is C3H5F3O3. The van der Waals surface area contributed by atoms with Crippen molar-refractivity contribution in [1.29, 1.82) is 0 Å². The molecule has 0 aromatic heterocycles. The van der Waals surface area contributed by atoms with Gasteiger partial charge in [0.15, 0.2) is 0 Å². The Labute approximate surface area is 48.7 Å². The third-order valence-corrected chi connectivity index (χ3v) is 0.243. The molecule has 0 spiro atoms. The van der Waals surface area contributed by atoms with Crippen LogP contribution in [0.5, 0.6) is 0 Å². The predicted molar refractivity (Wildman–Crippen MR) is 21.8 cm³/mol. The van der Waals surface area contributed by atoms with Crippen molar-refractivity contribution >= 4 is 5.97 Å². The maximum atomic E-state index is 10.6. The van der Waals surface area contributed by atoms with E-state index in [1.165, 1.54) is 0 Å². The van der Waals surface area contributed by atoms with Gasteiger partial charge < -0.3 is 10.2 Å². The molecule has 56 valence electrons. The van der Waals surface area contributed by atoms with Crippen LogP contribution in [-0.2, 0) is 4.79 Å². The molecule has 0 bridgehead atoms. The summed E-state index contributed by atoms with van der Waals surface area (Å²) in [5.41, 5.74) is 0. The standard InChI is InChI=1S/C2HF3O2.CH4O/c3-2(4,5)1(6)7;1-2/h(H,6,7);2H,1H3. The van der Waals surface area contributed by atoms with Crippen LogP contribution in [0.15, 0.2) is 0 Å². The summed E-state index contributed by atoms with van der Waals surface area (Å²) in [7, 11) is 1.00. The first-order valence-corrected chi connectivity index (χ1v) is 1.69. The molecule has 6 heteroatoms. The number of hydrogen-bond acceptors (Lipinski definition) is 2. The van der Waals surface area contributed by atoms with Gasteiger partial charge in [0.1, 0.15) is 0 Å². The van der Waals surface area contributed by atoms with Crippen molar-refractivity contribution in [3.05, 3.63) is 0 Å². The van der Waals surface area contributed by atoms with Gasteiger partial charge in [-0.25, -0.2) is 4.79 Å². The maximum Gasteiger partial charge on any atom is 0.490 e. The summed E-state index contributed by atoms with van der Waals surface area (Å²) in [5, 5.41) is 14.1. The molecular weight excluding hydrogens is 141 g/mol. The fraction of sp³-hybridized carbons (Fsp3) is 0.667. The van der Waals surface area contributed by atoms with Crippen LogP contribution in [0.2, 0.25) is 0 Å². The highest BCUT2D eigenvalue weighted by atomic mass is 19.4. The number of alkyl halides is 3. The highest BCUT2D eigenvalue weighted by Crippen LogP contribution is 2.13. The zero-order chi connectivity index (χ0) is 8.08. The summed E-state index contributed by atoms with van der Waals surface area (Å²) in [5.74, 6) is -2.76. The number of rotatable bonds is 0. The fourth-order valence-electron chi connectivity index (χ4n) is 0. The second-order valence-corrected chi connectivity index (χ2v) is 0.803. The van der Waals surface area contributed by atoms with Crippen molar-refractivity contribution in [2.24, 2.45) is 0 Å². The number of aliphatic carboxylic acids is 1. The molecule has 0 saturated heterocycles. The van der Waals surface area contributed by atoms with Gasteiger partial charge in [-0.2, -0.15) is 13.2 Å². The van der Waals surface area contributed by atoms with Crippen LogP contribution in [0.25, 0.3) is 0 Å². The van der Waals surface area contributed by atoms with Gasteiger partial charge in [-0.3, -0.25) is 0 Å². The van der Waals surface area contributed by atoms with Crippen molar-refractivity contribution < 1.29 is 28.2 Å². The third-order valence-electron chi connectivity index (χ3n) is 0.243. The summed E-state index contributed by atoms with van der Waals surface area (Å²) in [6.07, 6.45) is -5.08. The number of aliphatic hydroxyl groups excluding tert-OH is 1. The lowest BCUT2D eigenvalue weighted by molar-refractivity contribution is -0.192. The van der Waals surface area contributed by atoms with E-state index in [9.17, 15) is 13.2 Å². The van der Waals surface area contributed by atoms with E-state index < -0.39 is 12.1 Å². The first-order valence-electron chi connectivity index (χ1n) is 1.69. The maximum absolute atomic E-state index is 10.6. The van der Waals surface area contributed by atoms with Gasteiger partial charge in [-0.05, 0) is 0 Å². The van der Waals surface area contributed by atoms with Crippen molar-refractivity contribution in [3.63, 3.8) is 0 Å². The van der Waals surface area contributed by atoms with Crippen LogP contribution in [0.1, 0.15) is 0 Å². The van der Waals surface area contributed by atoms with Crippen LogP contribution in [0, 0.1) is 0 Å². The molecule has 0 fully saturated rings. The van der Waals surface area contributed by atoms with Gasteiger partial charge in [-0.1, -0.05) is 0 Å². The Bertz CT molecular complexity index is 86.8. The van der Waals surface area contributed by atoms with Gasteiger partial charge in [0.2, 0.25) is 0 Å². The predicted octanol–water partition coefficient (Wildman–Crippen LogP) is 0.242. The average Bonchev–Trinajstić information content (AvgIpc) is 1.69. The Morgan fingerprint density at radius 2 is 1.44 bits per heavy atom. The number of halogens is 3. The van der Waals surface area contributed by atoms with Gasteiger partial charge in [-0.15, -0.1) is 0 Å². The van der Waals surface area contributed by atoms with Gasteiger partial charge >= 0.3 is 12.1 Å². The molecule has 0 aromatic rings. The van der Waals surface area contributed by atoms with Crippen LogP contribution in [-0.4, -0.2) is 29.5 Å². The van der Waals surface area contributed by atoms with Crippen molar-refractivity contribution in [1.82, 2.24) is 0 Å². The summed E-state index contributed by atoms with van der Waals surface area (Å²) in [6, 6.07) is 0. The van der Waals surface area contributed by atoms with E-state index >= 15 is 0 Å². The van der Waals surface area contributed by atoms with Crippen LogP contribution < -0.4 is 0 Å². The van der Waals surface area contributed by atoms with Gasteiger partial charge in [0.25, 0.3) is 0 Å². The molecule has 0 amide bonds. The van der Waals surface area contributed by atoms with E-state index in [0.29, 0.717) is 0 Å². The van der Waals surface area contributed by atoms with E-state index in [-0.39, 0.29) is 0 Å². The quantitative estimate of drug-likeness (QED) is 0.514. The van der Waals surface area contributed by atoms with E-state index in [1.807, 2.05) is 0 Å². The summed E-state index contributed by atoms with van der Waals surface area (Å²) in [6.45, 7) is 0.